The van der Waals surface area contributed by atoms with E-state index in [-0.39, 0.29) is 14.9 Å². The van der Waals surface area contributed by atoms with Crippen LogP contribution in [-0.2, 0) is 10.0 Å². The molecular weight excluding hydrogens is 409 g/mol. The van der Waals surface area contributed by atoms with Gasteiger partial charge in [-0.25, -0.2) is 8.42 Å². The van der Waals surface area contributed by atoms with E-state index in [0.717, 1.165) is 0 Å². The quantitative estimate of drug-likeness (QED) is 0.623. The van der Waals surface area contributed by atoms with E-state index in [1.54, 1.807) is 36.4 Å². The first kappa shape index (κ1) is 19.4. The first-order valence-electron chi connectivity index (χ1n) is 7.94. The lowest BCUT2D eigenvalue weighted by Gasteiger charge is -2.10. The Bertz CT molecular complexity index is 1060. The lowest BCUT2D eigenvalue weighted by atomic mass is 10.1. The highest BCUT2D eigenvalue weighted by Crippen LogP contribution is 2.27. The average Bonchev–Trinajstić information content (AvgIpc) is 2.64. The molecule has 0 amide bonds. The van der Waals surface area contributed by atoms with Crippen molar-refractivity contribution in [2.45, 2.75) is 11.8 Å². The Morgan fingerprint density at radius 2 is 1.81 bits per heavy atom. The SMILES string of the molecule is CCOc1ccc(-c2cccc(NS(=O)(=O)c3ccc(Cl)c(Cl)c3)c2)nn1. The Hall–Kier alpha value is -2.35. The molecule has 3 aromatic rings. The molecule has 140 valence electrons. The molecule has 0 aliphatic rings. The summed E-state index contributed by atoms with van der Waals surface area (Å²) in [5.41, 5.74) is 1.68. The third-order valence-corrected chi connectivity index (χ3v) is 5.66. The van der Waals surface area contributed by atoms with Crippen molar-refractivity contribution in [3.8, 4) is 17.1 Å². The zero-order valence-corrected chi connectivity index (χ0v) is 16.5. The van der Waals surface area contributed by atoms with Gasteiger partial charge in [-0.05, 0) is 43.3 Å². The molecule has 0 aliphatic carbocycles. The Labute approximate surface area is 167 Å². The van der Waals surface area contributed by atoms with Gasteiger partial charge in [-0.1, -0.05) is 35.3 Å². The molecule has 0 unspecified atom stereocenters. The second-order valence-electron chi connectivity index (χ2n) is 5.45. The summed E-state index contributed by atoms with van der Waals surface area (Å²) in [6.07, 6.45) is 0. The normalized spacial score (nSPS) is 11.2. The lowest BCUT2D eigenvalue weighted by Crippen LogP contribution is -2.13. The number of rotatable bonds is 6. The van der Waals surface area contributed by atoms with Gasteiger partial charge in [-0.2, -0.15) is 0 Å². The fourth-order valence-corrected chi connectivity index (χ4v) is 3.74. The first-order chi connectivity index (χ1) is 12.9. The second kappa shape index (κ2) is 8.12. The summed E-state index contributed by atoms with van der Waals surface area (Å²) >= 11 is 11.8. The number of sulfonamides is 1. The molecule has 0 spiro atoms. The van der Waals surface area contributed by atoms with E-state index < -0.39 is 10.0 Å². The number of hydrogen-bond acceptors (Lipinski definition) is 5. The van der Waals surface area contributed by atoms with Gasteiger partial charge in [0, 0.05) is 17.3 Å². The van der Waals surface area contributed by atoms with Crippen LogP contribution in [0, 0.1) is 0 Å². The highest BCUT2D eigenvalue weighted by molar-refractivity contribution is 7.92. The highest BCUT2D eigenvalue weighted by Gasteiger charge is 2.16. The van der Waals surface area contributed by atoms with Crippen molar-refractivity contribution in [1.29, 1.82) is 0 Å². The minimum atomic E-state index is -3.81. The Morgan fingerprint density at radius 3 is 2.48 bits per heavy atom. The third kappa shape index (κ3) is 4.68. The number of hydrogen-bond donors (Lipinski definition) is 1. The smallest absolute Gasteiger partial charge is 0.261 e. The maximum absolute atomic E-state index is 12.6. The largest absolute Gasteiger partial charge is 0.477 e. The van der Waals surface area contributed by atoms with Gasteiger partial charge in [0.25, 0.3) is 10.0 Å². The molecule has 0 saturated heterocycles. The van der Waals surface area contributed by atoms with Gasteiger partial charge in [0.2, 0.25) is 5.88 Å². The third-order valence-electron chi connectivity index (χ3n) is 3.54. The molecule has 6 nitrogen and oxygen atoms in total. The van der Waals surface area contributed by atoms with Crippen LogP contribution < -0.4 is 9.46 Å². The molecule has 2 aromatic carbocycles. The number of nitrogens with one attached hydrogen (secondary N) is 1. The Balaban J connectivity index is 1.85. The molecule has 0 saturated carbocycles. The van der Waals surface area contributed by atoms with Crippen molar-refractivity contribution in [3.05, 3.63) is 64.6 Å². The van der Waals surface area contributed by atoms with E-state index in [4.69, 9.17) is 27.9 Å². The van der Waals surface area contributed by atoms with Gasteiger partial charge in [-0.3, -0.25) is 4.72 Å². The molecule has 0 radical (unpaired) electrons. The van der Waals surface area contributed by atoms with Gasteiger partial charge in [0.05, 0.1) is 27.2 Å². The summed E-state index contributed by atoms with van der Waals surface area (Å²) in [7, 11) is -3.81. The van der Waals surface area contributed by atoms with Crippen LogP contribution in [0.1, 0.15) is 6.92 Å². The summed E-state index contributed by atoms with van der Waals surface area (Å²) in [6, 6.07) is 14.4. The molecule has 1 N–H and O–H groups in total. The minimum absolute atomic E-state index is 0.0168. The van der Waals surface area contributed by atoms with E-state index in [0.29, 0.717) is 29.4 Å². The maximum atomic E-state index is 12.6. The predicted molar refractivity (Wildman–Crippen MR) is 106 cm³/mol. The van der Waals surface area contributed by atoms with E-state index in [2.05, 4.69) is 14.9 Å². The topological polar surface area (TPSA) is 81.2 Å². The first-order valence-corrected chi connectivity index (χ1v) is 10.2. The highest BCUT2D eigenvalue weighted by atomic mass is 35.5. The summed E-state index contributed by atoms with van der Waals surface area (Å²) in [5.74, 6) is 0.428. The number of anilines is 1. The van der Waals surface area contributed by atoms with Crippen molar-refractivity contribution in [1.82, 2.24) is 10.2 Å². The summed E-state index contributed by atoms with van der Waals surface area (Å²) in [5, 5.41) is 8.53. The van der Waals surface area contributed by atoms with E-state index in [9.17, 15) is 8.42 Å². The van der Waals surface area contributed by atoms with Crippen LogP contribution >= 0.6 is 23.2 Å². The maximum Gasteiger partial charge on any atom is 0.261 e. The van der Waals surface area contributed by atoms with Crippen molar-refractivity contribution in [2.24, 2.45) is 0 Å². The van der Waals surface area contributed by atoms with Crippen LogP contribution in [0.2, 0.25) is 10.0 Å². The molecule has 1 heterocycles. The van der Waals surface area contributed by atoms with Crippen LogP contribution in [0.5, 0.6) is 5.88 Å². The Morgan fingerprint density at radius 1 is 1.00 bits per heavy atom. The van der Waals surface area contributed by atoms with E-state index >= 15 is 0 Å². The zero-order chi connectivity index (χ0) is 19.4. The van der Waals surface area contributed by atoms with Crippen LogP contribution in [0.3, 0.4) is 0 Å². The summed E-state index contributed by atoms with van der Waals surface area (Å²) < 4.78 is 32.9. The van der Waals surface area contributed by atoms with Gasteiger partial charge < -0.3 is 4.74 Å². The van der Waals surface area contributed by atoms with Crippen LogP contribution in [-0.4, -0.2) is 25.2 Å². The van der Waals surface area contributed by atoms with E-state index in [1.807, 2.05) is 6.92 Å². The fraction of sp³-hybridized carbons (Fsp3) is 0.111. The van der Waals surface area contributed by atoms with Crippen molar-refractivity contribution < 1.29 is 13.2 Å². The number of aromatic nitrogens is 2. The van der Waals surface area contributed by atoms with Gasteiger partial charge in [-0.15, -0.1) is 10.2 Å². The monoisotopic (exact) mass is 423 g/mol. The second-order valence-corrected chi connectivity index (χ2v) is 7.95. The van der Waals surface area contributed by atoms with Crippen molar-refractivity contribution in [2.75, 3.05) is 11.3 Å². The minimum Gasteiger partial charge on any atom is -0.477 e. The van der Waals surface area contributed by atoms with Crippen LogP contribution in [0.25, 0.3) is 11.3 Å². The molecule has 0 atom stereocenters. The standard InChI is InChI=1S/C18H15Cl2N3O3S/c1-2-26-18-9-8-17(21-22-18)12-4-3-5-13(10-12)23-27(24,25)14-6-7-15(19)16(20)11-14/h3-11,23H,2H2,1H3. The molecule has 1 aromatic heterocycles. The average molecular weight is 424 g/mol. The Kier molecular flexibility index (Phi) is 5.84. The van der Waals surface area contributed by atoms with Gasteiger partial charge >= 0.3 is 0 Å². The van der Waals surface area contributed by atoms with Crippen LogP contribution in [0.15, 0.2) is 59.5 Å². The number of ether oxygens (including phenoxy) is 1. The molecular formula is C18H15Cl2N3O3S. The zero-order valence-electron chi connectivity index (χ0n) is 14.2. The van der Waals surface area contributed by atoms with Gasteiger partial charge in [0.1, 0.15) is 0 Å². The lowest BCUT2D eigenvalue weighted by molar-refractivity contribution is 0.323. The summed E-state index contributed by atoms with van der Waals surface area (Å²) in [4.78, 5) is 0.0168. The van der Waals surface area contributed by atoms with Crippen LogP contribution in [0.4, 0.5) is 5.69 Å². The number of halogens is 2. The fourth-order valence-electron chi connectivity index (χ4n) is 2.30. The van der Waals surface area contributed by atoms with Crippen molar-refractivity contribution in [3.63, 3.8) is 0 Å². The van der Waals surface area contributed by atoms with Crippen molar-refractivity contribution >= 4 is 38.9 Å². The molecule has 0 fully saturated rings. The molecule has 0 bridgehead atoms. The molecule has 9 heteroatoms. The molecule has 0 aliphatic heterocycles. The predicted octanol–water partition coefficient (Wildman–Crippen LogP) is 4.65. The number of nitrogens with zero attached hydrogens (tertiary/aromatic N) is 2. The molecule has 3 rings (SSSR count). The number of benzene rings is 2. The van der Waals surface area contributed by atoms with Gasteiger partial charge in [0.15, 0.2) is 0 Å². The van der Waals surface area contributed by atoms with E-state index in [1.165, 1.54) is 18.2 Å². The molecule has 27 heavy (non-hydrogen) atoms. The summed E-state index contributed by atoms with van der Waals surface area (Å²) in [6.45, 7) is 2.36.